The Morgan fingerprint density at radius 2 is 2.11 bits per heavy atom. The van der Waals surface area contributed by atoms with Crippen molar-refractivity contribution in [3.05, 3.63) is 24.0 Å². The minimum absolute atomic E-state index is 0.119. The summed E-state index contributed by atoms with van der Waals surface area (Å²) in [7, 11) is 2.04. The quantitative estimate of drug-likeness (QED) is 0.899. The molecule has 1 aromatic rings. The van der Waals surface area contributed by atoms with E-state index in [1.807, 2.05) is 25.8 Å². The summed E-state index contributed by atoms with van der Waals surface area (Å²) in [6, 6.07) is 2.68. The first-order valence-corrected chi connectivity index (χ1v) is 7.19. The summed E-state index contributed by atoms with van der Waals surface area (Å²) in [5.74, 6) is 0.412. The summed E-state index contributed by atoms with van der Waals surface area (Å²) in [6.07, 6.45) is 6.34. The molecule has 1 fully saturated rings. The highest BCUT2D eigenvalue weighted by Gasteiger charge is 2.23. The Labute approximate surface area is 115 Å². The molecule has 0 atom stereocenters. The van der Waals surface area contributed by atoms with Crippen LogP contribution in [0.3, 0.4) is 0 Å². The maximum absolute atomic E-state index is 11.9. The molecule has 0 saturated carbocycles. The van der Waals surface area contributed by atoms with Gasteiger partial charge in [-0.3, -0.25) is 4.79 Å². The number of carbonyl (C=O) groups excluding carboxylic acids is 1. The van der Waals surface area contributed by atoms with Gasteiger partial charge < -0.3 is 14.8 Å². The van der Waals surface area contributed by atoms with Crippen molar-refractivity contribution in [1.82, 2.24) is 14.8 Å². The van der Waals surface area contributed by atoms with Crippen molar-refractivity contribution in [3.8, 4) is 0 Å². The second-order valence-electron chi connectivity index (χ2n) is 5.82. The van der Waals surface area contributed by atoms with E-state index in [0.717, 1.165) is 32.5 Å². The van der Waals surface area contributed by atoms with Crippen LogP contribution in [0, 0.1) is 5.92 Å². The molecule has 19 heavy (non-hydrogen) atoms. The molecule has 0 unspecified atom stereocenters. The molecule has 0 bridgehead atoms. The largest absolute Gasteiger partial charge is 0.357 e. The molecule has 0 radical (unpaired) electrons. The number of nitrogens with zero attached hydrogens (tertiary/aromatic N) is 2. The molecule has 2 rings (SSSR count). The van der Waals surface area contributed by atoms with Crippen molar-refractivity contribution in [2.24, 2.45) is 13.0 Å². The van der Waals surface area contributed by atoms with Gasteiger partial charge in [0, 0.05) is 51.0 Å². The van der Waals surface area contributed by atoms with Gasteiger partial charge in [0.25, 0.3) is 0 Å². The molecule has 1 aliphatic rings. The van der Waals surface area contributed by atoms with Gasteiger partial charge in [-0.1, -0.05) is 13.8 Å². The van der Waals surface area contributed by atoms with Gasteiger partial charge in [0.05, 0.1) is 0 Å². The van der Waals surface area contributed by atoms with Gasteiger partial charge in [-0.2, -0.15) is 0 Å². The fraction of sp³-hybridized carbons (Fsp3) is 0.667. The Balaban J connectivity index is 1.73. The number of rotatable bonds is 4. The maximum atomic E-state index is 11.9. The Kier molecular flexibility index (Phi) is 4.64. The zero-order valence-corrected chi connectivity index (χ0v) is 12.2. The molecule has 4 heteroatoms. The fourth-order valence-electron chi connectivity index (χ4n) is 2.60. The number of likely N-dealkylation sites (tertiary alicyclic amines) is 1. The SMILES string of the molecule is CC(C)C(=O)N1CCC(NCc2ccn(C)c2)CC1. The second-order valence-corrected chi connectivity index (χ2v) is 5.82. The summed E-state index contributed by atoms with van der Waals surface area (Å²) in [5, 5.41) is 3.59. The molecule has 1 N–H and O–H groups in total. The van der Waals surface area contributed by atoms with Crippen molar-refractivity contribution >= 4 is 5.91 Å². The van der Waals surface area contributed by atoms with Gasteiger partial charge in [0.15, 0.2) is 0 Å². The normalized spacial score (nSPS) is 17.2. The lowest BCUT2D eigenvalue weighted by Crippen LogP contribution is -2.45. The van der Waals surface area contributed by atoms with Crippen LogP contribution >= 0.6 is 0 Å². The van der Waals surface area contributed by atoms with E-state index in [0.29, 0.717) is 11.9 Å². The Bertz CT molecular complexity index is 417. The Hall–Kier alpha value is -1.29. The van der Waals surface area contributed by atoms with Crippen LogP contribution in [0.4, 0.5) is 0 Å². The minimum atomic E-state index is 0.119. The molecule has 0 spiro atoms. The van der Waals surface area contributed by atoms with E-state index in [1.54, 1.807) is 0 Å². The predicted octanol–water partition coefficient (Wildman–Crippen LogP) is 1.76. The van der Waals surface area contributed by atoms with Gasteiger partial charge in [-0.05, 0) is 24.5 Å². The fourth-order valence-corrected chi connectivity index (χ4v) is 2.60. The molecular weight excluding hydrogens is 238 g/mol. The topological polar surface area (TPSA) is 37.3 Å². The first-order chi connectivity index (χ1) is 9.06. The van der Waals surface area contributed by atoms with Crippen LogP contribution in [0.5, 0.6) is 0 Å². The maximum Gasteiger partial charge on any atom is 0.225 e. The number of piperidine rings is 1. The van der Waals surface area contributed by atoms with Crippen LogP contribution < -0.4 is 5.32 Å². The third-order valence-corrected chi connectivity index (χ3v) is 3.79. The van der Waals surface area contributed by atoms with E-state index in [9.17, 15) is 4.79 Å². The molecule has 2 heterocycles. The Morgan fingerprint density at radius 1 is 1.42 bits per heavy atom. The smallest absolute Gasteiger partial charge is 0.225 e. The molecular formula is C15H25N3O. The number of hydrogen-bond acceptors (Lipinski definition) is 2. The first-order valence-electron chi connectivity index (χ1n) is 7.19. The molecule has 4 nitrogen and oxygen atoms in total. The lowest BCUT2D eigenvalue weighted by atomic mass is 10.0. The van der Waals surface area contributed by atoms with Gasteiger partial charge in [0.2, 0.25) is 5.91 Å². The summed E-state index contributed by atoms with van der Waals surface area (Å²) in [6.45, 7) is 6.65. The molecule has 106 valence electrons. The zero-order valence-electron chi connectivity index (χ0n) is 12.2. The number of aromatic nitrogens is 1. The summed E-state index contributed by atoms with van der Waals surface area (Å²) in [5.41, 5.74) is 1.32. The standard InChI is InChI=1S/C15H25N3O/c1-12(2)15(19)18-8-5-14(6-9-18)16-10-13-4-7-17(3)11-13/h4,7,11-12,14,16H,5-6,8-10H2,1-3H3. The lowest BCUT2D eigenvalue weighted by molar-refractivity contribution is -0.135. The second kappa shape index (κ2) is 6.24. The molecule has 1 amide bonds. The molecule has 1 saturated heterocycles. The van der Waals surface area contributed by atoms with Crippen LogP contribution in [0.25, 0.3) is 0 Å². The van der Waals surface area contributed by atoms with E-state index >= 15 is 0 Å². The minimum Gasteiger partial charge on any atom is -0.357 e. The van der Waals surface area contributed by atoms with Gasteiger partial charge >= 0.3 is 0 Å². The number of carbonyl (C=O) groups is 1. The molecule has 1 aliphatic heterocycles. The summed E-state index contributed by atoms with van der Waals surface area (Å²) < 4.78 is 2.07. The van der Waals surface area contributed by atoms with Crippen molar-refractivity contribution in [1.29, 1.82) is 0 Å². The average Bonchev–Trinajstić information content (AvgIpc) is 2.82. The Morgan fingerprint density at radius 3 is 2.63 bits per heavy atom. The van der Waals surface area contributed by atoms with Crippen molar-refractivity contribution < 1.29 is 4.79 Å². The first kappa shape index (κ1) is 14.1. The highest BCUT2D eigenvalue weighted by molar-refractivity contribution is 5.78. The van der Waals surface area contributed by atoms with Crippen LogP contribution in [0.1, 0.15) is 32.3 Å². The number of nitrogens with one attached hydrogen (secondary N) is 1. The zero-order chi connectivity index (χ0) is 13.8. The van der Waals surface area contributed by atoms with Gasteiger partial charge in [-0.25, -0.2) is 0 Å². The van der Waals surface area contributed by atoms with Crippen molar-refractivity contribution in [2.45, 2.75) is 39.3 Å². The third-order valence-electron chi connectivity index (χ3n) is 3.79. The lowest BCUT2D eigenvalue weighted by Gasteiger charge is -2.33. The number of amides is 1. The van der Waals surface area contributed by atoms with Gasteiger partial charge in [-0.15, -0.1) is 0 Å². The van der Waals surface area contributed by atoms with E-state index < -0.39 is 0 Å². The van der Waals surface area contributed by atoms with Crippen LogP contribution in [0.15, 0.2) is 18.5 Å². The van der Waals surface area contributed by atoms with Crippen molar-refractivity contribution in [2.75, 3.05) is 13.1 Å². The predicted molar refractivity (Wildman–Crippen MR) is 76.7 cm³/mol. The van der Waals surface area contributed by atoms with E-state index in [2.05, 4.69) is 28.3 Å². The highest BCUT2D eigenvalue weighted by Crippen LogP contribution is 2.14. The van der Waals surface area contributed by atoms with Crippen LogP contribution in [-0.4, -0.2) is 34.5 Å². The number of hydrogen-bond donors (Lipinski definition) is 1. The number of aryl methyl sites for hydroxylation is 1. The average molecular weight is 263 g/mol. The summed E-state index contributed by atoms with van der Waals surface area (Å²) >= 11 is 0. The van der Waals surface area contributed by atoms with E-state index in [1.165, 1.54) is 5.56 Å². The van der Waals surface area contributed by atoms with E-state index in [4.69, 9.17) is 0 Å². The third kappa shape index (κ3) is 3.83. The van der Waals surface area contributed by atoms with Gasteiger partial charge in [0.1, 0.15) is 0 Å². The monoisotopic (exact) mass is 263 g/mol. The molecule has 0 aromatic carbocycles. The molecule has 1 aromatic heterocycles. The van der Waals surface area contributed by atoms with Crippen molar-refractivity contribution in [3.63, 3.8) is 0 Å². The van der Waals surface area contributed by atoms with Crippen LogP contribution in [-0.2, 0) is 18.4 Å². The summed E-state index contributed by atoms with van der Waals surface area (Å²) in [4.78, 5) is 13.9. The van der Waals surface area contributed by atoms with E-state index in [-0.39, 0.29) is 5.92 Å². The highest BCUT2D eigenvalue weighted by atomic mass is 16.2. The molecule has 0 aliphatic carbocycles. The van der Waals surface area contributed by atoms with Crippen LogP contribution in [0.2, 0.25) is 0 Å².